The van der Waals surface area contributed by atoms with E-state index >= 15 is 0 Å². The molecule has 1 heterocycles. The molecule has 0 fully saturated rings. The Morgan fingerprint density at radius 1 is 1.25 bits per heavy atom. The van der Waals surface area contributed by atoms with Crippen LogP contribution in [0.4, 0.5) is 5.69 Å². The number of amides is 1. The summed E-state index contributed by atoms with van der Waals surface area (Å²) in [6, 6.07) is 7.53. The molecule has 2 aromatic rings. The Hall–Kier alpha value is -2.15. The molecule has 0 saturated carbocycles. The second-order valence-corrected chi connectivity index (χ2v) is 6.58. The minimum atomic E-state index is -3.36. The first-order chi connectivity index (χ1) is 9.39. The maximum atomic E-state index is 11.6. The molecule has 7 heteroatoms. The molecular formula is C13H13NO5S. The van der Waals surface area contributed by atoms with Crippen molar-refractivity contribution in [3.63, 3.8) is 0 Å². The predicted octanol–water partition coefficient (Wildman–Crippen LogP) is 1.17. The van der Waals surface area contributed by atoms with E-state index in [1.54, 1.807) is 24.3 Å². The summed E-state index contributed by atoms with van der Waals surface area (Å²) in [5.74, 6) is -1.22. The second-order valence-electron chi connectivity index (χ2n) is 4.23. The molecule has 1 amide bonds. The van der Waals surface area contributed by atoms with Gasteiger partial charge < -0.3 is 9.73 Å². The van der Waals surface area contributed by atoms with Gasteiger partial charge in [-0.3, -0.25) is 4.79 Å². The fraction of sp³-hybridized carbons (Fsp3) is 0.231. The molecule has 20 heavy (non-hydrogen) atoms. The zero-order chi connectivity index (χ0) is 14.8. The Bertz CT molecular complexity index is 807. The van der Waals surface area contributed by atoms with Gasteiger partial charge in [0.2, 0.25) is 5.91 Å². The van der Waals surface area contributed by atoms with E-state index in [1.807, 2.05) is 0 Å². The van der Waals surface area contributed by atoms with E-state index in [0.29, 0.717) is 16.7 Å². The Kier molecular flexibility index (Phi) is 3.89. The van der Waals surface area contributed by atoms with Gasteiger partial charge in [0.25, 0.3) is 0 Å². The Labute approximate surface area is 115 Å². The Morgan fingerprint density at radius 2 is 2.00 bits per heavy atom. The molecule has 0 radical (unpaired) electrons. The molecule has 0 spiro atoms. The van der Waals surface area contributed by atoms with Crippen molar-refractivity contribution in [2.45, 2.75) is 6.92 Å². The molecule has 0 unspecified atom stereocenters. The van der Waals surface area contributed by atoms with Gasteiger partial charge >= 0.3 is 5.63 Å². The summed E-state index contributed by atoms with van der Waals surface area (Å²) >= 11 is 0. The molecule has 1 aromatic carbocycles. The lowest BCUT2D eigenvalue weighted by Crippen LogP contribution is -2.23. The highest BCUT2D eigenvalue weighted by atomic mass is 32.2. The number of carbonyl (C=O) groups is 1. The van der Waals surface area contributed by atoms with Crippen LogP contribution in [-0.2, 0) is 14.6 Å². The highest BCUT2D eigenvalue weighted by molar-refractivity contribution is 7.92. The fourth-order valence-electron chi connectivity index (χ4n) is 1.65. The van der Waals surface area contributed by atoms with Crippen LogP contribution >= 0.6 is 0 Å². The molecule has 0 bridgehead atoms. The van der Waals surface area contributed by atoms with Crippen LogP contribution in [0.15, 0.2) is 39.5 Å². The van der Waals surface area contributed by atoms with E-state index < -0.39 is 27.1 Å². The summed E-state index contributed by atoms with van der Waals surface area (Å²) < 4.78 is 27.6. The molecule has 0 aliphatic rings. The summed E-state index contributed by atoms with van der Waals surface area (Å²) in [7, 11) is -3.36. The van der Waals surface area contributed by atoms with Crippen molar-refractivity contribution >= 4 is 32.4 Å². The van der Waals surface area contributed by atoms with Crippen molar-refractivity contribution in [1.82, 2.24) is 0 Å². The van der Waals surface area contributed by atoms with E-state index in [4.69, 9.17) is 4.42 Å². The standard InChI is InChI=1S/C13H13NO5S/c1-2-20(17,18)8-12(15)14-10-4-5-11-9(7-10)3-6-13(16)19-11/h3-7H,2,8H2,1H3,(H,14,15). The zero-order valence-corrected chi connectivity index (χ0v) is 11.6. The number of carbonyl (C=O) groups excluding carboxylic acids is 1. The summed E-state index contributed by atoms with van der Waals surface area (Å²) in [6.45, 7) is 1.49. The lowest BCUT2D eigenvalue weighted by molar-refractivity contribution is -0.113. The summed E-state index contributed by atoms with van der Waals surface area (Å²) in [4.78, 5) is 22.6. The molecule has 1 aromatic heterocycles. The van der Waals surface area contributed by atoms with E-state index in [1.165, 1.54) is 13.0 Å². The van der Waals surface area contributed by atoms with Crippen LogP contribution in [0.2, 0.25) is 0 Å². The maximum absolute atomic E-state index is 11.6. The summed E-state index contributed by atoms with van der Waals surface area (Å²) in [5, 5.41) is 3.14. The highest BCUT2D eigenvalue weighted by Gasteiger charge is 2.14. The van der Waals surface area contributed by atoms with Gasteiger partial charge in [0.15, 0.2) is 9.84 Å². The number of anilines is 1. The normalized spacial score (nSPS) is 11.4. The molecule has 6 nitrogen and oxygen atoms in total. The van der Waals surface area contributed by atoms with Crippen LogP contribution in [0, 0.1) is 0 Å². The van der Waals surface area contributed by atoms with Crippen LogP contribution in [0.1, 0.15) is 6.92 Å². The second kappa shape index (κ2) is 5.46. The largest absolute Gasteiger partial charge is 0.423 e. The first kappa shape index (κ1) is 14.3. The van der Waals surface area contributed by atoms with Crippen molar-refractivity contribution in [3.05, 3.63) is 40.8 Å². The quantitative estimate of drug-likeness (QED) is 0.854. The minimum absolute atomic E-state index is 0.0801. The van der Waals surface area contributed by atoms with Crippen LogP contribution in [0.3, 0.4) is 0 Å². The summed E-state index contributed by atoms with van der Waals surface area (Å²) in [6.07, 6.45) is 0. The number of fused-ring (bicyclic) bond motifs is 1. The molecule has 1 N–H and O–H groups in total. The minimum Gasteiger partial charge on any atom is -0.423 e. The number of hydrogen-bond acceptors (Lipinski definition) is 5. The number of hydrogen-bond donors (Lipinski definition) is 1. The fourth-order valence-corrected chi connectivity index (χ4v) is 2.32. The lowest BCUT2D eigenvalue weighted by Gasteiger charge is -2.06. The first-order valence-corrected chi connectivity index (χ1v) is 7.76. The monoisotopic (exact) mass is 295 g/mol. The molecule has 106 valence electrons. The van der Waals surface area contributed by atoms with Crippen LogP contribution in [0.25, 0.3) is 11.0 Å². The Balaban J connectivity index is 2.20. The average molecular weight is 295 g/mol. The van der Waals surface area contributed by atoms with Crippen molar-refractivity contribution < 1.29 is 17.6 Å². The van der Waals surface area contributed by atoms with Crippen molar-refractivity contribution in [2.24, 2.45) is 0 Å². The van der Waals surface area contributed by atoms with Gasteiger partial charge in [-0.25, -0.2) is 13.2 Å². The smallest absolute Gasteiger partial charge is 0.336 e. The molecule has 0 aliphatic carbocycles. The van der Waals surface area contributed by atoms with Crippen LogP contribution in [0.5, 0.6) is 0 Å². The topological polar surface area (TPSA) is 93.4 Å². The number of nitrogens with one attached hydrogen (secondary N) is 1. The average Bonchev–Trinajstić information content (AvgIpc) is 2.38. The van der Waals surface area contributed by atoms with E-state index in [2.05, 4.69) is 5.32 Å². The molecule has 0 aliphatic heterocycles. The van der Waals surface area contributed by atoms with Crippen molar-refractivity contribution in [3.8, 4) is 0 Å². The molecule has 0 atom stereocenters. The van der Waals surface area contributed by atoms with E-state index in [0.717, 1.165) is 0 Å². The van der Waals surface area contributed by atoms with E-state index in [-0.39, 0.29) is 5.75 Å². The third-order valence-corrected chi connectivity index (χ3v) is 4.28. The van der Waals surface area contributed by atoms with Gasteiger partial charge in [-0.05, 0) is 24.3 Å². The lowest BCUT2D eigenvalue weighted by atomic mass is 10.2. The maximum Gasteiger partial charge on any atom is 0.336 e. The molecule has 2 rings (SSSR count). The van der Waals surface area contributed by atoms with Gasteiger partial charge in [0.05, 0.1) is 0 Å². The third-order valence-electron chi connectivity index (χ3n) is 2.69. The van der Waals surface area contributed by atoms with Crippen LogP contribution < -0.4 is 10.9 Å². The third kappa shape index (κ3) is 3.45. The Morgan fingerprint density at radius 3 is 2.70 bits per heavy atom. The zero-order valence-electron chi connectivity index (χ0n) is 10.8. The van der Waals surface area contributed by atoms with Crippen molar-refractivity contribution in [1.29, 1.82) is 0 Å². The van der Waals surface area contributed by atoms with Gasteiger partial charge in [-0.15, -0.1) is 0 Å². The first-order valence-electron chi connectivity index (χ1n) is 5.94. The predicted molar refractivity (Wildman–Crippen MR) is 75.4 cm³/mol. The van der Waals surface area contributed by atoms with Crippen molar-refractivity contribution in [2.75, 3.05) is 16.8 Å². The SMILES string of the molecule is CCS(=O)(=O)CC(=O)Nc1ccc2oc(=O)ccc2c1. The number of rotatable bonds is 4. The number of sulfone groups is 1. The van der Waals surface area contributed by atoms with Gasteiger partial charge in [-0.1, -0.05) is 6.92 Å². The van der Waals surface area contributed by atoms with Crippen LogP contribution in [-0.4, -0.2) is 25.8 Å². The van der Waals surface area contributed by atoms with Gasteiger partial charge in [0, 0.05) is 22.9 Å². The highest BCUT2D eigenvalue weighted by Crippen LogP contribution is 2.17. The molecule has 0 saturated heterocycles. The number of benzene rings is 1. The van der Waals surface area contributed by atoms with E-state index in [9.17, 15) is 18.0 Å². The molecular weight excluding hydrogens is 282 g/mol. The summed E-state index contributed by atoms with van der Waals surface area (Å²) in [5.41, 5.74) is 0.391. The van der Waals surface area contributed by atoms with Gasteiger partial charge in [0.1, 0.15) is 11.3 Å². The van der Waals surface area contributed by atoms with Gasteiger partial charge in [-0.2, -0.15) is 0 Å².